The van der Waals surface area contributed by atoms with E-state index >= 15 is 0 Å². The van der Waals surface area contributed by atoms with Gasteiger partial charge in [-0.2, -0.15) is 0 Å². The first kappa shape index (κ1) is 10.9. The fourth-order valence-corrected chi connectivity index (χ4v) is 5.81. The minimum Gasteiger partial charge on any atom is -0.218 e. The zero-order valence-electron chi connectivity index (χ0n) is 8.17. The molecule has 0 bridgehead atoms. The Morgan fingerprint density at radius 1 is 0.875 bits per heavy atom. The van der Waals surface area contributed by atoms with E-state index < -0.39 is 0 Å². The molecule has 80 valence electrons. The van der Waals surface area contributed by atoms with Crippen LogP contribution in [0.15, 0.2) is 49.2 Å². The standard InChI is InChI=1S/C11H7NS4/c1-3-12-4-2-8(1)9-7-15-11(16-9)10-13-5-6-14-10/h1-7H/p+1. The number of nitrogens with one attached hydrogen (secondary N) is 1. The molecule has 0 fully saturated rings. The maximum absolute atomic E-state index is 3.05. The van der Waals surface area contributed by atoms with Crippen molar-refractivity contribution in [2.75, 3.05) is 0 Å². The first-order valence-electron chi connectivity index (χ1n) is 4.67. The minimum absolute atomic E-state index is 1.29. The molecule has 1 aromatic rings. The molecular weight excluding hydrogens is 274 g/mol. The van der Waals surface area contributed by atoms with Gasteiger partial charge in [0.15, 0.2) is 12.4 Å². The Bertz CT molecular complexity index is 480. The second kappa shape index (κ2) is 4.96. The molecule has 5 heteroatoms. The largest absolute Gasteiger partial charge is 0.218 e. The van der Waals surface area contributed by atoms with E-state index in [1.165, 1.54) is 18.9 Å². The molecule has 1 aromatic heterocycles. The van der Waals surface area contributed by atoms with Gasteiger partial charge in [-0.3, -0.25) is 0 Å². The summed E-state index contributed by atoms with van der Waals surface area (Å²) in [6.07, 6.45) is 3.93. The van der Waals surface area contributed by atoms with Crippen LogP contribution in [-0.4, -0.2) is 0 Å². The third-order valence-corrected chi connectivity index (χ3v) is 7.12. The van der Waals surface area contributed by atoms with Crippen molar-refractivity contribution in [3.63, 3.8) is 0 Å². The summed E-state index contributed by atoms with van der Waals surface area (Å²) in [5.74, 6) is 0. The highest BCUT2D eigenvalue weighted by Gasteiger charge is 2.19. The van der Waals surface area contributed by atoms with Crippen molar-refractivity contribution in [2.24, 2.45) is 0 Å². The first-order valence-corrected chi connectivity index (χ1v) is 8.13. The molecule has 2 aliphatic heterocycles. The summed E-state index contributed by atoms with van der Waals surface area (Å²) in [4.78, 5) is 4.39. The number of pyridine rings is 1. The van der Waals surface area contributed by atoms with Crippen molar-refractivity contribution in [1.29, 1.82) is 0 Å². The van der Waals surface area contributed by atoms with Crippen molar-refractivity contribution >= 4 is 52.0 Å². The van der Waals surface area contributed by atoms with Crippen molar-refractivity contribution in [1.82, 2.24) is 0 Å². The Labute approximate surface area is 111 Å². The Morgan fingerprint density at radius 3 is 2.38 bits per heavy atom. The number of thioether (sulfide) groups is 4. The molecule has 2 aliphatic rings. The molecule has 0 saturated carbocycles. The monoisotopic (exact) mass is 282 g/mol. The van der Waals surface area contributed by atoms with Crippen LogP contribution in [0.4, 0.5) is 0 Å². The fraction of sp³-hybridized carbons (Fsp3) is 0. The molecule has 3 heterocycles. The van der Waals surface area contributed by atoms with Gasteiger partial charge in [0, 0.05) is 22.6 Å². The van der Waals surface area contributed by atoms with E-state index in [0.717, 1.165) is 0 Å². The van der Waals surface area contributed by atoms with Gasteiger partial charge in [-0.15, -0.1) is 0 Å². The number of aromatic nitrogens is 1. The highest BCUT2D eigenvalue weighted by atomic mass is 32.2. The highest BCUT2D eigenvalue weighted by molar-refractivity contribution is 8.35. The van der Waals surface area contributed by atoms with E-state index in [-0.39, 0.29) is 0 Å². The van der Waals surface area contributed by atoms with Crippen molar-refractivity contribution in [3.8, 4) is 0 Å². The van der Waals surface area contributed by atoms with E-state index in [9.17, 15) is 0 Å². The average molecular weight is 282 g/mol. The zero-order chi connectivity index (χ0) is 10.8. The third-order valence-electron chi connectivity index (χ3n) is 2.05. The predicted octanol–water partition coefficient (Wildman–Crippen LogP) is 4.36. The summed E-state index contributed by atoms with van der Waals surface area (Å²) >= 11 is 7.34. The highest BCUT2D eigenvalue weighted by Crippen LogP contribution is 2.55. The second-order valence-electron chi connectivity index (χ2n) is 3.07. The lowest BCUT2D eigenvalue weighted by Gasteiger charge is -2.01. The molecule has 1 nitrogen and oxygen atoms in total. The SMILES string of the molecule is C1=CSC(=C2SC=C(c3cc[nH+]cc3)S2)S1. The van der Waals surface area contributed by atoms with Gasteiger partial charge in [0.1, 0.15) is 0 Å². The van der Waals surface area contributed by atoms with Crippen LogP contribution in [0.1, 0.15) is 5.56 Å². The van der Waals surface area contributed by atoms with Crippen molar-refractivity contribution < 1.29 is 4.98 Å². The molecule has 0 radical (unpaired) electrons. The van der Waals surface area contributed by atoms with Crippen LogP contribution in [0.25, 0.3) is 4.91 Å². The maximum Gasteiger partial charge on any atom is 0.167 e. The molecule has 0 aromatic carbocycles. The van der Waals surface area contributed by atoms with Crippen LogP contribution in [0, 0.1) is 0 Å². The van der Waals surface area contributed by atoms with Gasteiger partial charge < -0.3 is 0 Å². The lowest BCUT2D eigenvalue weighted by molar-refractivity contribution is -0.378. The Morgan fingerprint density at radius 2 is 1.62 bits per heavy atom. The summed E-state index contributed by atoms with van der Waals surface area (Å²) < 4.78 is 2.81. The summed E-state index contributed by atoms with van der Waals surface area (Å²) in [6, 6.07) is 4.22. The van der Waals surface area contributed by atoms with Crippen molar-refractivity contribution in [2.45, 2.75) is 0 Å². The zero-order valence-corrected chi connectivity index (χ0v) is 11.4. The van der Waals surface area contributed by atoms with Crippen LogP contribution >= 0.6 is 47.0 Å². The van der Waals surface area contributed by atoms with Gasteiger partial charge in [0.25, 0.3) is 0 Å². The summed E-state index contributed by atoms with van der Waals surface area (Å²) in [7, 11) is 0. The average Bonchev–Trinajstić information content (AvgIpc) is 3.01. The topological polar surface area (TPSA) is 14.1 Å². The lowest BCUT2D eigenvalue weighted by Crippen LogP contribution is -1.97. The summed E-state index contributed by atoms with van der Waals surface area (Å²) in [5.41, 5.74) is 1.29. The minimum atomic E-state index is 1.29. The van der Waals surface area contributed by atoms with E-state index in [1.807, 2.05) is 59.4 Å². The van der Waals surface area contributed by atoms with Crippen LogP contribution in [0.2, 0.25) is 0 Å². The summed E-state index contributed by atoms with van der Waals surface area (Å²) in [6.45, 7) is 0. The molecule has 0 amide bonds. The number of hydrogen-bond donors (Lipinski definition) is 0. The Balaban J connectivity index is 1.80. The molecule has 0 spiro atoms. The van der Waals surface area contributed by atoms with Gasteiger partial charge >= 0.3 is 0 Å². The number of hydrogen-bond acceptors (Lipinski definition) is 4. The van der Waals surface area contributed by atoms with E-state index in [2.05, 4.69) is 33.3 Å². The Hall–Kier alpha value is -0.230. The Kier molecular flexibility index (Phi) is 3.38. The molecule has 16 heavy (non-hydrogen) atoms. The van der Waals surface area contributed by atoms with E-state index in [0.29, 0.717) is 0 Å². The van der Waals surface area contributed by atoms with E-state index in [1.54, 1.807) is 0 Å². The first-order chi connectivity index (χ1) is 7.93. The summed E-state index contributed by atoms with van der Waals surface area (Å²) in [5, 5.41) is 6.52. The third kappa shape index (κ3) is 2.22. The lowest BCUT2D eigenvalue weighted by atomic mass is 10.3. The molecule has 3 rings (SSSR count). The quantitative estimate of drug-likeness (QED) is 0.759. The second-order valence-corrected chi connectivity index (χ2v) is 7.35. The molecule has 0 saturated heterocycles. The molecule has 0 unspecified atom stereocenters. The van der Waals surface area contributed by atoms with Crippen molar-refractivity contribution in [3.05, 3.63) is 54.8 Å². The predicted molar refractivity (Wildman–Crippen MR) is 77.5 cm³/mol. The number of aromatic amines is 1. The van der Waals surface area contributed by atoms with Gasteiger partial charge in [0.2, 0.25) is 0 Å². The van der Waals surface area contributed by atoms with Gasteiger partial charge in [0.05, 0.1) is 8.47 Å². The van der Waals surface area contributed by atoms with Crippen LogP contribution in [0.3, 0.4) is 0 Å². The molecule has 0 aliphatic carbocycles. The molecular formula is C11H8NS4+. The molecule has 0 atom stereocenters. The van der Waals surface area contributed by atoms with Crippen LogP contribution < -0.4 is 4.98 Å². The van der Waals surface area contributed by atoms with Crippen LogP contribution in [0.5, 0.6) is 0 Å². The maximum atomic E-state index is 3.05. The van der Waals surface area contributed by atoms with Gasteiger partial charge in [-0.05, 0) is 16.2 Å². The van der Waals surface area contributed by atoms with Gasteiger partial charge in [-0.1, -0.05) is 47.0 Å². The van der Waals surface area contributed by atoms with Crippen LogP contribution in [-0.2, 0) is 0 Å². The molecule has 1 N–H and O–H groups in total. The van der Waals surface area contributed by atoms with E-state index in [4.69, 9.17) is 0 Å². The number of H-pyrrole nitrogens is 1. The normalized spacial score (nSPS) is 19.4. The smallest absolute Gasteiger partial charge is 0.167 e. The van der Waals surface area contributed by atoms with Gasteiger partial charge in [-0.25, -0.2) is 4.98 Å². The fourth-order valence-electron chi connectivity index (χ4n) is 1.33. The number of rotatable bonds is 1.